The summed E-state index contributed by atoms with van der Waals surface area (Å²) >= 11 is 0. The first kappa shape index (κ1) is 11.3. The lowest BCUT2D eigenvalue weighted by molar-refractivity contribution is 0.0686. The predicted octanol–water partition coefficient (Wildman–Crippen LogP) is 2.53. The quantitative estimate of drug-likeness (QED) is 0.753. The van der Waals surface area contributed by atoms with Gasteiger partial charge in [0.2, 0.25) is 0 Å². The predicted molar refractivity (Wildman–Crippen MR) is 67.3 cm³/mol. The minimum atomic E-state index is -1.11. The highest BCUT2D eigenvalue weighted by Gasteiger charge is 2.15. The summed E-state index contributed by atoms with van der Waals surface area (Å²) in [6.07, 6.45) is 1.75. The lowest BCUT2D eigenvalue weighted by Crippen LogP contribution is -1.94. The van der Waals surface area contributed by atoms with Crippen LogP contribution in [0.25, 0.3) is 22.2 Å². The van der Waals surface area contributed by atoms with Gasteiger partial charge in [-0.05, 0) is 12.1 Å². The number of carboxylic acids is 1. The van der Waals surface area contributed by atoms with Crippen molar-refractivity contribution in [2.75, 3.05) is 7.11 Å². The first-order chi connectivity index (χ1) is 9.19. The van der Waals surface area contributed by atoms with Crippen LogP contribution >= 0.6 is 0 Å². The Kier molecular flexibility index (Phi) is 2.49. The van der Waals surface area contributed by atoms with E-state index in [9.17, 15) is 4.79 Å². The molecule has 0 atom stereocenters. The molecule has 0 radical (unpaired) electrons. The van der Waals surface area contributed by atoms with Gasteiger partial charge in [0.05, 0.1) is 7.11 Å². The maximum absolute atomic E-state index is 10.8. The molecule has 0 bridgehead atoms. The molecule has 2 aromatic heterocycles. The van der Waals surface area contributed by atoms with Crippen molar-refractivity contribution in [1.82, 2.24) is 10.1 Å². The van der Waals surface area contributed by atoms with Gasteiger partial charge >= 0.3 is 5.97 Å². The minimum absolute atomic E-state index is 0.113. The number of nitrogens with zero attached hydrogens (tertiary/aromatic N) is 1. The molecular weight excluding hydrogens is 248 g/mol. The number of aromatic amines is 1. The van der Waals surface area contributed by atoms with Crippen LogP contribution in [0, 0.1) is 0 Å². The number of H-pyrrole nitrogens is 1. The SMILES string of the molecule is COc1ccc2c(-c3cc(C(=O)O)no3)c[nH]c2c1. The Bertz CT molecular complexity index is 757. The largest absolute Gasteiger partial charge is 0.497 e. The number of ether oxygens (including phenoxy) is 1. The number of carboxylic acid groups (broad SMARTS) is 1. The van der Waals surface area contributed by atoms with Crippen molar-refractivity contribution in [2.45, 2.75) is 0 Å². The van der Waals surface area contributed by atoms with E-state index in [1.807, 2.05) is 18.2 Å². The Hall–Kier alpha value is -2.76. The van der Waals surface area contributed by atoms with Crippen LogP contribution in [0.15, 0.2) is 35.0 Å². The second-order valence-electron chi connectivity index (χ2n) is 4.00. The van der Waals surface area contributed by atoms with E-state index in [1.54, 1.807) is 13.3 Å². The number of fused-ring (bicyclic) bond motifs is 1. The van der Waals surface area contributed by atoms with Crippen molar-refractivity contribution in [3.05, 3.63) is 36.2 Å². The molecule has 0 aliphatic carbocycles. The van der Waals surface area contributed by atoms with E-state index in [4.69, 9.17) is 14.4 Å². The summed E-state index contributed by atoms with van der Waals surface area (Å²) in [5.74, 6) is 0.0371. The number of nitrogens with one attached hydrogen (secondary N) is 1. The van der Waals surface area contributed by atoms with Crippen LogP contribution in [-0.4, -0.2) is 28.3 Å². The van der Waals surface area contributed by atoms with Gasteiger partial charge in [-0.15, -0.1) is 0 Å². The van der Waals surface area contributed by atoms with E-state index in [2.05, 4.69) is 10.1 Å². The molecule has 0 spiro atoms. The molecule has 0 fully saturated rings. The van der Waals surface area contributed by atoms with Gasteiger partial charge in [-0.1, -0.05) is 5.16 Å². The smallest absolute Gasteiger partial charge is 0.358 e. The fourth-order valence-electron chi connectivity index (χ4n) is 1.94. The van der Waals surface area contributed by atoms with Crippen LogP contribution in [-0.2, 0) is 0 Å². The Labute approximate surface area is 107 Å². The molecule has 19 heavy (non-hydrogen) atoms. The lowest BCUT2D eigenvalue weighted by atomic mass is 10.1. The van der Waals surface area contributed by atoms with Gasteiger partial charge in [0.25, 0.3) is 0 Å². The highest BCUT2D eigenvalue weighted by Crippen LogP contribution is 2.31. The number of carbonyl (C=O) groups is 1. The van der Waals surface area contributed by atoms with Crippen LogP contribution in [0.2, 0.25) is 0 Å². The number of hydrogen-bond acceptors (Lipinski definition) is 4. The number of aromatic nitrogens is 2. The van der Waals surface area contributed by atoms with Crippen LogP contribution in [0.5, 0.6) is 5.75 Å². The molecule has 0 unspecified atom stereocenters. The zero-order valence-corrected chi connectivity index (χ0v) is 10.0. The number of aromatic carboxylic acids is 1. The molecule has 0 aliphatic heterocycles. The van der Waals surface area contributed by atoms with Crippen molar-refractivity contribution in [3.63, 3.8) is 0 Å². The van der Waals surface area contributed by atoms with Gasteiger partial charge < -0.3 is 19.4 Å². The third-order valence-electron chi connectivity index (χ3n) is 2.88. The van der Waals surface area contributed by atoms with E-state index in [0.29, 0.717) is 5.76 Å². The van der Waals surface area contributed by atoms with Gasteiger partial charge in [0.15, 0.2) is 11.5 Å². The summed E-state index contributed by atoms with van der Waals surface area (Å²) in [6, 6.07) is 6.96. The second-order valence-corrected chi connectivity index (χ2v) is 4.00. The zero-order valence-electron chi connectivity index (χ0n) is 10.0. The standard InChI is InChI=1S/C13H10N2O4/c1-18-7-2-3-8-9(6-14-10(8)4-7)12-5-11(13(16)17)15-19-12/h2-6,14H,1H3,(H,16,17). The zero-order chi connectivity index (χ0) is 13.4. The molecule has 3 aromatic rings. The van der Waals surface area contributed by atoms with E-state index < -0.39 is 5.97 Å². The van der Waals surface area contributed by atoms with E-state index in [-0.39, 0.29) is 5.69 Å². The molecule has 2 N–H and O–H groups in total. The molecule has 6 heteroatoms. The molecule has 96 valence electrons. The van der Waals surface area contributed by atoms with Crippen molar-refractivity contribution in [2.24, 2.45) is 0 Å². The third kappa shape index (κ3) is 1.83. The number of hydrogen-bond donors (Lipinski definition) is 2. The van der Waals surface area contributed by atoms with Crippen molar-refractivity contribution in [1.29, 1.82) is 0 Å². The van der Waals surface area contributed by atoms with Crippen LogP contribution in [0.3, 0.4) is 0 Å². The average molecular weight is 258 g/mol. The third-order valence-corrected chi connectivity index (χ3v) is 2.88. The molecular formula is C13H10N2O4. The van der Waals surface area contributed by atoms with Gasteiger partial charge in [-0.25, -0.2) is 4.79 Å². The van der Waals surface area contributed by atoms with E-state index >= 15 is 0 Å². The number of benzene rings is 1. The molecule has 1 aromatic carbocycles. The Morgan fingerprint density at radius 1 is 1.42 bits per heavy atom. The number of methoxy groups -OCH3 is 1. The monoisotopic (exact) mass is 258 g/mol. The van der Waals surface area contributed by atoms with Crippen LogP contribution in [0.4, 0.5) is 0 Å². The summed E-state index contributed by atoms with van der Waals surface area (Å²) < 4.78 is 10.2. The van der Waals surface area contributed by atoms with E-state index in [0.717, 1.165) is 22.2 Å². The fraction of sp³-hybridized carbons (Fsp3) is 0.0769. The Balaban J connectivity index is 2.11. The average Bonchev–Trinajstić information content (AvgIpc) is 3.03. The van der Waals surface area contributed by atoms with Gasteiger partial charge in [-0.3, -0.25) is 0 Å². The van der Waals surface area contributed by atoms with Gasteiger partial charge in [-0.2, -0.15) is 0 Å². The Morgan fingerprint density at radius 2 is 2.26 bits per heavy atom. The van der Waals surface area contributed by atoms with Crippen molar-refractivity contribution < 1.29 is 19.2 Å². The van der Waals surface area contributed by atoms with Gasteiger partial charge in [0.1, 0.15) is 5.75 Å². The molecule has 3 rings (SSSR count). The second kappa shape index (κ2) is 4.16. The molecule has 6 nitrogen and oxygen atoms in total. The first-order valence-electron chi connectivity index (χ1n) is 5.54. The maximum atomic E-state index is 10.8. The van der Waals surface area contributed by atoms with E-state index in [1.165, 1.54) is 6.07 Å². The molecule has 0 saturated heterocycles. The highest BCUT2D eigenvalue weighted by atomic mass is 16.5. The lowest BCUT2D eigenvalue weighted by Gasteiger charge is -1.99. The van der Waals surface area contributed by atoms with Crippen molar-refractivity contribution in [3.8, 4) is 17.1 Å². The van der Waals surface area contributed by atoms with Gasteiger partial charge in [0, 0.05) is 34.8 Å². The molecule has 2 heterocycles. The van der Waals surface area contributed by atoms with Crippen LogP contribution < -0.4 is 4.74 Å². The Morgan fingerprint density at radius 3 is 2.95 bits per heavy atom. The first-order valence-corrected chi connectivity index (χ1v) is 5.54. The molecule has 0 saturated carbocycles. The maximum Gasteiger partial charge on any atom is 0.358 e. The summed E-state index contributed by atoms with van der Waals surface area (Å²) in [4.78, 5) is 13.9. The molecule has 0 amide bonds. The summed E-state index contributed by atoms with van der Waals surface area (Å²) in [6.45, 7) is 0. The summed E-state index contributed by atoms with van der Waals surface area (Å²) in [5.41, 5.74) is 1.53. The molecule has 0 aliphatic rings. The minimum Gasteiger partial charge on any atom is -0.497 e. The number of rotatable bonds is 3. The van der Waals surface area contributed by atoms with Crippen LogP contribution in [0.1, 0.15) is 10.5 Å². The fourth-order valence-corrected chi connectivity index (χ4v) is 1.94. The van der Waals surface area contributed by atoms with Crippen molar-refractivity contribution >= 4 is 16.9 Å². The summed E-state index contributed by atoms with van der Waals surface area (Å²) in [7, 11) is 1.60. The summed E-state index contributed by atoms with van der Waals surface area (Å²) in [5, 5.41) is 13.2. The topological polar surface area (TPSA) is 88.3 Å². The normalized spacial score (nSPS) is 10.8. The highest BCUT2D eigenvalue weighted by molar-refractivity contribution is 5.96.